The van der Waals surface area contributed by atoms with Gasteiger partial charge in [-0.05, 0) is 20.8 Å². The number of ether oxygens (including phenoxy) is 11. The van der Waals surface area contributed by atoms with Gasteiger partial charge >= 0.3 is 5.97 Å². The third kappa shape index (κ3) is 36.3. The molecule has 0 rings (SSSR count). The second-order valence-corrected chi connectivity index (χ2v) is 10.7. The van der Waals surface area contributed by atoms with E-state index < -0.39 is 5.60 Å². The van der Waals surface area contributed by atoms with Crippen LogP contribution in [0.15, 0.2) is 0 Å². The number of amides is 1. The monoisotopic (exact) mass is 675 g/mol. The van der Waals surface area contributed by atoms with E-state index in [1.54, 1.807) is 0 Å². The first-order valence-electron chi connectivity index (χ1n) is 15.9. The van der Waals surface area contributed by atoms with Crippen molar-refractivity contribution >= 4 is 11.9 Å². The van der Waals surface area contributed by atoms with Crippen LogP contribution < -0.4 is 5.32 Å². The normalized spacial score (nSPS) is 11.4. The highest BCUT2D eigenvalue weighted by molar-refractivity contribution is 5.76. The Balaban J connectivity index is 3.95. The lowest BCUT2D eigenvalue weighted by Crippen LogP contribution is -2.42. The Morgan fingerprint density at radius 2 is 0.872 bits per heavy atom. The fourth-order valence-electron chi connectivity index (χ4n) is 3.29. The number of carbonyl (C=O) groups is 2. The standard InChI is InChI=1S/C33H57NO13/c1-6-10-37-14-18-43-24-26-45-28-30(29-46-27-25-44-19-15-38-11-7-2)34-31(35)8-12-39-16-20-41-22-23-42-21-17-40-13-9-32(36)47-33(3,4)5/h1-2,30H,8-29H2,3-5H3,(H,34,35). The van der Waals surface area contributed by atoms with Crippen molar-refractivity contribution in [2.24, 2.45) is 0 Å². The highest BCUT2D eigenvalue weighted by Crippen LogP contribution is 2.08. The highest BCUT2D eigenvalue weighted by Gasteiger charge is 2.16. The summed E-state index contributed by atoms with van der Waals surface area (Å²) < 4.78 is 59.4. The lowest BCUT2D eigenvalue weighted by atomic mass is 10.2. The summed E-state index contributed by atoms with van der Waals surface area (Å²) in [6.45, 7) is 12.4. The van der Waals surface area contributed by atoms with E-state index in [0.29, 0.717) is 92.5 Å². The predicted octanol–water partition coefficient (Wildman–Crippen LogP) is 1.03. The topological polar surface area (TPSA) is 148 Å². The molecule has 1 N–H and O–H groups in total. The Labute approximate surface area is 281 Å². The minimum Gasteiger partial charge on any atom is -0.460 e. The van der Waals surface area contributed by atoms with Crippen LogP contribution in [0.2, 0.25) is 0 Å². The number of hydrogen-bond donors (Lipinski definition) is 1. The van der Waals surface area contributed by atoms with Gasteiger partial charge in [0.25, 0.3) is 0 Å². The van der Waals surface area contributed by atoms with Gasteiger partial charge in [0.1, 0.15) is 18.8 Å². The number of esters is 1. The van der Waals surface area contributed by atoms with Crippen LogP contribution in [0.5, 0.6) is 0 Å². The van der Waals surface area contributed by atoms with E-state index in [2.05, 4.69) is 17.2 Å². The summed E-state index contributed by atoms with van der Waals surface area (Å²) in [5.41, 5.74) is -0.497. The van der Waals surface area contributed by atoms with Crippen molar-refractivity contribution in [2.45, 2.75) is 45.3 Å². The van der Waals surface area contributed by atoms with E-state index in [0.717, 1.165) is 0 Å². The molecule has 14 nitrogen and oxygen atoms in total. The number of carbonyl (C=O) groups excluding carboxylic acids is 2. The van der Waals surface area contributed by atoms with Gasteiger partial charge in [-0.2, -0.15) is 0 Å². The minimum atomic E-state index is -0.497. The van der Waals surface area contributed by atoms with Crippen molar-refractivity contribution in [2.75, 3.05) is 132 Å². The molecule has 0 aromatic carbocycles. The van der Waals surface area contributed by atoms with Crippen molar-refractivity contribution in [3.63, 3.8) is 0 Å². The molecule has 0 aromatic heterocycles. The SMILES string of the molecule is C#CCOCCOCCOCC(COCCOCCOCC#C)NC(=O)CCOCCOCCOCCOCCC(=O)OC(C)(C)C. The first-order chi connectivity index (χ1) is 22.8. The highest BCUT2D eigenvalue weighted by atomic mass is 16.6. The quantitative estimate of drug-likeness (QED) is 0.0589. The maximum atomic E-state index is 12.5. The molecule has 0 saturated carbocycles. The Bertz CT molecular complexity index is 791. The van der Waals surface area contributed by atoms with Gasteiger partial charge in [-0.3, -0.25) is 9.59 Å². The molecule has 0 aromatic rings. The zero-order valence-corrected chi connectivity index (χ0v) is 28.6. The van der Waals surface area contributed by atoms with Crippen LogP contribution in [0.25, 0.3) is 0 Å². The fraction of sp³-hybridized carbons (Fsp3) is 0.818. The molecule has 0 unspecified atom stereocenters. The molecule has 0 aliphatic carbocycles. The molecular weight excluding hydrogens is 618 g/mol. The van der Waals surface area contributed by atoms with E-state index in [4.69, 9.17) is 65.0 Å². The molecule has 47 heavy (non-hydrogen) atoms. The predicted molar refractivity (Wildman–Crippen MR) is 173 cm³/mol. The van der Waals surface area contributed by atoms with E-state index in [-0.39, 0.29) is 70.4 Å². The van der Waals surface area contributed by atoms with Crippen molar-refractivity contribution in [1.82, 2.24) is 5.32 Å². The fourth-order valence-corrected chi connectivity index (χ4v) is 3.29. The van der Waals surface area contributed by atoms with Gasteiger partial charge in [-0.25, -0.2) is 0 Å². The van der Waals surface area contributed by atoms with Crippen molar-refractivity contribution in [3.05, 3.63) is 0 Å². The van der Waals surface area contributed by atoms with Gasteiger partial charge in [0, 0.05) is 6.42 Å². The van der Waals surface area contributed by atoms with Crippen LogP contribution in [0.1, 0.15) is 33.6 Å². The first-order valence-corrected chi connectivity index (χ1v) is 15.9. The van der Waals surface area contributed by atoms with Crippen molar-refractivity contribution in [3.8, 4) is 24.7 Å². The lowest BCUT2D eigenvalue weighted by molar-refractivity contribution is -0.156. The molecule has 0 fully saturated rings. The summed E-state index contributed by atoms with van der Waals surface area (Å²) in [6, 6.07) is -0.362. The summed E-state index contributed by atoms with van der Waals surface area (Å²) in [5, 5.41) is 2.92. The van der Waals surface area contributed by atoms with Gasteiger partial charge in [-0.15, -0.1) is 12.8 Å². The molecule has 14 heteroatoms. The molecular formula is C33H57NO13. The number of nitrogens with one attached hydrogen (secondary N) is 1. The van der Waals surface area contributed by atoms with Crippen molar-refractivity contribution < 1.29 is 61.7 Å². The Morgan fingerprint density at radius 3 is 1.26 bits per heavy atom. The van der Waals surface area contributed by atoms with Crippen molar-refractivity contribution in [1.29, 1.82) is 0 Å². The van der Waals surface area contributed by atoms with Gasteiger partial charge < -0.3 is 57.4 Å². The van der Waals surface area contributed by atoms with E-state index >= 15 is 0 Å². The Kier molecular flexibility index (Phi) is 31.9. The maximum absolute atomic E-state index is 12.5. The molecule has 0 aliphatic heterocycles. The summed E-state index contributed by atoms with van der Waals surface area (Å²) in [5.74, 6) is 4.30. The summed E-state index contributed by atoms with van der Waals surface area (Å²) >= 11 is 0. The molecule has 272 valence electrons. The molecule has 0 spiro atoms. The Morgan fingerprint density at radius 1 is 0.532 bits per heavy atom. The van der Waals surface area contributed by atoms with Crippen LogP contribution in [-0.4, -0.2) is 156 Å². The van der Waals surface area contributed by atoms with Gasteiger partial charge in [0.2, 0.25) is 5.91 Å². The third-order valence-electron chi connectivity index (χ3n) is 5.32. The van der Waals surface area contributed by atoms with Crippen LogP contribution in [0.4, 0.5) is 0 Å². The summed E-state index contributed by atoms with van der Waals surface area (Å²) in [4.78, 5) is 24.1. The molecule has 1 amide bonds. The maximum Gasteiger partial charge on any atom is 0.308 e. The summed E-state index contributed by atoms with van der Waals surface area (Å²) in [6.07, 6.45) is 10.6. The second kappa shape index (κ2) is 33.6. The molecule has 0 atom stereocenters. The van der Waals surface area contributed by atoms with Crippen LogP contribution in [-0.2, 0) is 61.7 Å². The lowest BCUT2D eigenvalue weighted by Gasteiger charge is -2.19. The summed E-state index contributed by atoms with van der Waals surface area (Å²) in [7, 11) is 0. The number of hydrogen-bond acceptors (Lipinski definition) is 13. The van der Waals surface area contributed by atoms with E-state index in [1.807, 2.05) is 20.8 Å². The van der Waals surface area contributed by atoms with Crippen LogP contribution in [0, 0.1) is 24.7 Å². The third-order valence-corrected chi connectivity index (χ3v) is 5.32. The molecule has 0 radical (unpaired) electrons. The second-order valence-electron chi connectivity index (χ2n) is 10.7. The Hall–Kier alpha value is -2.34. The first kappa shape index (κ1) is 44.7. The van der Waals surface area contributed by atoms with Gasteiger partial charge in [-0.1, -0.05) is 11.8 Å². The van der Waals surface area contributed by atoms with E-state index in [9.17, 15) is 9.59 Å². The molecule has 0 saturated heterocycles. The van der Waals surface area contributed by atoms with Crippen LogP contribution in [0.3, 0.4) is 0 Å². The van der Waals surface area contributed by atoms with Gasteiger partial charge in [0.15, 0.2) is 0 Å². The van der Waals surface area contributed by atoms with Crippen LogP contribution >= 0.6 is 0 Å². The zero-order chi connectivity index (χ0) is 34.7. The average molecular weight is 676 g/mol. The minimum absolute atomic E-state index is 0.176. The van der Waals surface area contributed by atoms with Gasteiger partial charge in [0.05, 0.1) is 131 Å². The molecule has 0 aliphatic rings. The smallest absolute Gasteiger partial charge is 0.308 e. The zero-order valence-electron chi connectivity index (χ0n) is 28.6. The van der Waals surface area contributed by atoms with E-state index in [1.165, 1.54) is 0 Å². The average Bonchev–Trinajstić information content (AvgIpc) is 3.02. The largest absolute Gasteiger partial charge is 0.460 e. The number of terminal acetylenes is 2. The molecule has 0 bridgehead atoms. The molecule has 0 heterocycles. The number of rotatable bonds is 34.